The van der Waals surface area contributed by atoms with Gasteiger partial charge in [0.2, 0.25) is 0 Å². The largest absolute Gasteiger partial charge is 0.379 e. The first kappa shape index (κ1) is 22.4. The summed E-state index contributed by atoms with van der Waals surface area (Å²) in [5.41, 5.74) is 4.46. The second kappa shape index (κ2) is 9.53. The third-order valence-corrected chi connectivity index (χ3v) is 7.93. The van der Waals surface area contributed by atoms with Crippen molar-refractivity contribution >= 4 is 22.2 Å². The van der Waals surface area contributed by atoms with Gasteiger partial charge in [-0.2, -0.15) is 0 Å². The fourth-order valence-electron chi connectivity index (χ4n) is 5.09. The lowest BCUT2D eigenvalue weighted by atomic mass is 10.0. The van der Waals surface area contributed by atoms with E-state index in [4.69, 9.17) is 9.72 Å². The standard InChI is InChI=1S/C27H27FN4O2S/c28-22-7-5-20(6-8-22)25-18-35-27-29-24(17-32(25)27)19-1-3-21(4-2-19)26(33)31-11-9-23(10-12-31)30-13-15-34-16-14-30/h1-8,17-18,23H,9-16H2. The average Bonchev–Trinajstić information content (AvgIpc) is 3.51. The molecule has 1 amide bonds. The number of hydrogen-bond donors (Lipinski definition) is 0. The predicted molar refractivity (Wildman–Crippen MR) is 135 cm³/mol. The highest BCUT2D eigenvalue weighted by Gasteiger charge is 2.28. The number of ether oxygens (including phenoxy) is 1. The highest BCUT2D eigenvalue weighted by atomic mass is 32.1. The molecule has 0 radical (unpaired) electrons. The van der Waals surface area contributed by atoms with Crippen molar-refractivity contribution in [2.75, 3.05) is 39.4 Å². The van der Waals surface area contributed by atoms with Crippen molar-refractivity contribution in [2.24, 2.45) is 0 Å². The van der Waals surface area contributed by atoms with Crippen LogP contribution in [0.15, 0.2) is 60.1 Å². The first-order valence-corrected chi connectivity index (χ1v) is 13.0. The third-order valence-electron chi connectivity index (χ3n) is 7.09. The normalized spacial score (nSPS) is 17.8. The molecule has 0 spiro atoms. The lowest BCUT2D eigenvalue weighted by Crippen LogP contribution is -2.50. The number of morpholine rings is 1. The molecule has 0 bridgehead atoms. The van der Waals surface area contributed by atoms with Crippen molar-refractivity contribution in [3.05, 3.63) is 71.5 Å². The molecule has 180 valence electrons. The van der Waals surface area contributed by atoms with Crippen molar-refractivity contribution in [3.63, 3.8) is 0 Å². The summed E-state index contributed by atoms with van der Waals surface area (Å²) < 4.78 is 20.8. The van der Waals surface area contributed by atoms with E-state index in [2.05, 4.69) is 4.90 Å². The number of piperidine rings is 1. The topological polar surface area (TPSA) is 50.1 Å². The summed E-state index contributed by atoms with van der Waals surface area (Å²) in [6, 6.07) is 14.8. The number of imidazole rings is 1. The van der Waals surface area contributed by atoms with Gasteiger partial charge in [0.1, 0.15) is 5.82 Å². The van der Waals surface area contributed by atoms with Gasteiger partial charge in [-0.25, -0.2) is 9.37 Å². The van der Waals surface area contributed by atoms with Crippen LogP contribution in [0.1, 0.15) is 23.2 Å². The predicted octanol–water partition coefficient (Wildman–Crippen LogP) is 4.81. The highest BCUT2D eigenvalue weighted by Crippen LogP contribution is 2.30. The highest BCUT2D eigenvalue weighted by molar-refractivity contribution is 7.15. The summed E-state index contributed by atoms with van der Waals surface area (Å²) in [7, 11) is 0. The molecule has 0 unspecified atom stereocenters. The number of hydrogen-bond acceptors (Lipinski definition) is 5. The monoisotopic (exact) mass is 490 g/mol. The zero-order chi connectivity index (χ0) is 23.8. The number of carbonyl (C=O) groups excluding carboxylic acids is 1. The van der Waals surface area contributed by atoms with Gasteiger partial charge in [0.25, 0.3) is 5.91 Å². The zero-order valence-corrected chi connectivity index (χ0v) is 20.2. The number of fused-ring (bicyclic) bond motifs is 1. The molecule has 0 N–H and O–H groups in total. The summed E-state index contributed by atoms with van der Waals surface area (Å²) in [6.45, 7) is 5.22. The van der Waals surface area contributed by atoms with E-state index in [1.165, 1.54) is 12.1 Å². The first-order chi connectivity index (χ1) is 17.2. The Balaban J connectivity index is 1.14. The van der Waals surface area contributed by atoms with E-state index < -0.39 is 0 Å². The lowest BCUT2D eigenvalue weighted by Gasteiger charge is -2.40. The van der Waals surface area contributed by atoms with Crippen LogP contribution in [0.5, 0.6) is 0 Å². The molecule has 0 saturated carbocycles. The van der Waals surface area contributed by atoms with E-state index in [1.807, 2.05) is 45.1 Å². The van der Waals surface area contributed by atoms with Crippen LogP contribution in [0.4, 0.5) is 4.39 Å². The van der Waals surface area contributed by atoms with E-state index in [-0.39, 0.29) is 11.7 Å². The smallest absolute Gasteiger partial charge is 0.253 e. The fourth-order valence-corrected chi connectivity index (χ4v) is 5.98. The van der Waals surface area contributed by atoms with Gasteiger partial charge < -0.3 is 9.64 Å². The van der Waals surface area contributed by atoms with Crippen LogP contribution in [0.25, 0.3) is 27.5 Å². The number of nitrogens with zero attached hydrogens (tertiary/aromatic N) is 4. The van der Waals surface area contributed by atoms with Crippen molar-refractivity contribution in [2.45, 2.75) is 18.9 Å². The molecule has 2 aliphatic rings. The second-order valence-corrected chi connectivity index (χ2v) is 9.99. The summed E-state index contributed by atoms with van der Waals surface area (Å²) in [5.74, 6) is -0.149. The Labute approximate surface area is 207 Å². The van der Waals surface area contributed by atoms with Crippen LogP contribution >= 0.6 is 11.3 Å². The molecular weight excluding hydrogens is 463 g/mol. The number of likely N-dealkylation sites (tertiary alicyclic amines) is 1. The maximum atomic E-state index is 13.3. The van der Waals surface area contributed by atoms with Gasteiger partial charge in [0.15, 0.2) is 4.96 Å². The van der Waals surface area contributed by atoms with E-state index in [9.17, 15) is 9.18 Å². The van der Waals surface area contributed by atoms with Crippen LogP contribution in [0.2, 0.25) is 0 Å². The summed E-state index contributed by atoms with van der Waals surface area (Å²) in [6.07, 6.45) is 4.04. The van der Waals surface area contributed by atoms with Crippen LogP contribution < -0.4 is 0 Å². The van der Waals surface area contributed by atoms with Gasteiger partial charge in [-0.05, 0) is 54.8 Å². The number of thiazole rings is 1. The van der Waals surface area contributed by atoms with Crippen molar-refractivity contribution < 1.29 is 13.9 Å². The number of benzene rings is 2. The Morgan fingerprint density at radius 1 is 0.943 bits per heavy atom. The molecule has 2 aliphatic heterocycles. The van der Waals surface area contributed by atoms with E-state index >= 15 is 0 Å². The van der Waals surface area contributed by atoms with Crippen LogP contribution in [0, 0.1) is 5.82 Å². The molecule has 6 rings (SSSR count). The van der Waals surface area contributed by atoms with Gasteiger partial charge in [-0.15, -0.1) is 11.3 Å². The molecule has 2 fully saturated rings. The minimum absolute atomic E-state index is 0.0985. The van der Waals surface area contributed by atoms with Crippen LogP contribution in [-0.2, 0) is 4.74 Å². The number of carbonyl (C=O) groups is 1. The third kappa shape index (κ3) is 4.49. The molecular formula is C27H27FN4O2S. The van der Waals surface area contributed by atoms with Crippen LogP contribution in [-0.4, -0.2) is 70.5 Å². The number of rotatable bonds is 4. The summed E-state index contributed by atoms with van der Waals surface area (Å²) in [4.78, 5) is 23.2. The Hall–Kier alpha value is -3.07. The minimum atomic E-state index is -0.248. The molecule has 4 heterocycles. The summed E-state index contributed by atoms with van der Waals surface area (Å²) in [5, 5.41) is 2.03. The summed E-state index contributed by atoms with van der Waals surface area (Å²) >= 11 is 1.55. The molecule has 2 saturated heterocycles. The number of aromatic nitrogens is 2. The molecule has 0 atom stereocenters. The van der Waals surface area contributed by atoms with Gasteiger partial charge in [-0.1, -0.05) is 12.1 Å². The minimum Gasteiger partial charge on any atom is -0.379 e. The molecule has 2 aromatic carbocycles. The van der Waals surface area contributed by atoms with Gasteiger partial charge in [0, 0.05) is 54.9 Å². The van der Waals surface area contributed by atoms with E-state index in [0.29, 0.717) is 11.6 Å². The zero-order valence-electron chi connectivity index (χ0n) is 19.4. The van der Waals surface area contributed by atoms with Gasteiger partial charge >= 0.3 is 0 Å². The lowest BCUT2D eigenvalue weighted by molar-refractivity contribution is 0.00159. The Bertz CT molecular complexity index is 1320. The first-order valence-electron chi connectivity index (χ1n) is 12.1. The average molecular weight is 491 g/mol. The maximum Gasteiger partial charge on any atom is 0.253 e. The molecule has 2 aromatic heterocycles. The molecule has 4 aromatic rings. The quantitative estimate of drug-likeness (QED) is 0.412. The van der Waals surface area contributed by atoms with Crippen molar-refractivity contribution in [3.8, 4) is 22.5 Å². The molecule has 35 heavy (non-hydrogen) atoms. The van der Waals surface area contributed by atoms with Crippen molar-refractivity contribution in [1.29, 1.82) is 0 Å². The second-order valence-electron chi connectivity index (χ2n) is 9.16. The van der Waals surface area contributed by atoms with Crippen molar-refractivity contribution in [1.82, 2.24) is 19.2 Å². The molecule has 0 aliphatic carbocycles. The Morgan fingerprint density at radius 3 is 2.34 bits per heavy atom. The van der Waals surface area contributed by atoms with Crippen LogP contribution in [0.3, 0.4) is 0 Å². The molecule has 6 nitrogen and oxygen atoms in total. The number of amides is 1. The van der Waals surface area contributed by atoms with Gasteiger partial charge in [-0.3, -0.25) is 14.1 Å². The van der Waals surface area contributed by atoms with Gasteiger partial charge in [0.05, 0.1) is 24.6 Å². The Morgan fingerprint density at radius 2 is 1.63 bits per heavy atom. The Kier molecular flexibility index (Phi) is 6.10. The SMILES string of the molecule is O=C(c1ccc(-c2cn3c(-c4ccc(F)cc4)csc3n2)cc1)N1CCC(N2CCOCC2)CC1. The number of halogens is 1. The van der Waals surface area contributed by atoms with E-state index in [0.717, 1.165) is 79.7 Å². The fraction of sp³-hybridized carbons (Fsp3) is 0.333. The maximum absolute atomic E-state index is 13.3. The molecule has 8 heteroatoms. The van der Waals surface area contributed by atoms with E-state index in [1.54, 1.807) is 23.5 Å².